The zero-order valence-electron chi connectivity index (χ0n) is 41.3. The molecule has 8 aromatic carbocycles. The molecule has 6 N–H and O–H groups in total. The van der Waals surface area contributed by atoms with Crippen molar-refractivity contribution in [3.63, 3.8) is 0 Å². The molecule has 27 rings (SSSR count). The summed E-state index contributed by atoms with van der Waals surface area (Å²) in [5, 5.41) is 91.9. The number of carbonyl (C=O) groups is 2. The quantitative estimate of drug-likeness (QED) is 0.0715. The summed E-state index contributed by atoms with van der Waals surface area (Å²) in [6.07, 6.45) is 14.0. The molecule has 372 valence electrons. The van der Waals surface area contributed by atoms with E-state index in [0.29, 0.717) is 117 Å². The lowest BCUT2D eigenvalue weighted by molar-refractivity contribution is -0.170. The molecule has 6 spiro atoms. The minimum atomic E-state index is -2.51. The maximum absolute atomic E-state index is 16.1. The molecule has 0 saturated carbocycles. The van der Waals surface area contributed by atoms with Gasteiger partial charge in [0.2, 0.25) is 0 Å². The van der Waals surface area contributed by atoms with E-state index in [4.69, 9.17) is 14.2 Å². The first kappa shape index (κ1) is 37.9. The van der Waals surface area contributed by atoms with Gasteiger partial charge in [0.1, 0.15) is 11.2 Å². The number of aliphatic carboxylic acids is 1. The zero-order valence-corrected chi connectivity index (χ0v) is 41.3. The van der Waals surface area contributed by atoms with Crippen molar-refractivity contribution >= 4 is 90.0 Å². The van der Waals surface area contributed by atoms with Crippen molar-refractivity contribution < 1.29 is 54.4 Å². The number of hydrogen-bond acceptors (Lipinski definition) is 9. The van der Waals surface area contributed by atoms with Gasteiger partial charge in [-0.1, -0.05) is 60.7 Å². The molecular formula is C70H26O11. The van der Waals surface area contributed by atoms with Crippen molar-refractivity contribution in [1.29, 1.82) is 0 Å². The minimum absolute atomic E-state index is 0.0140. The Morgan fingerprint density at radius 3 is 1.98 bits per heavy atom. The number of allylic oxidation sites excluding steroid dienone is 1. The Balaban J connectivity index is 0.992. The fourth-order valence-electron chi connectivity index (χ4n) is 23.0. The molecule has 10 atom stereocenters. The lowest BCUT2D eigenvalue weighted by Crippen LogP contribution is -2.75. The summed E-state index contributed by atoms with van der Waals surface area (Å²) in [7, 11) is 0. The summed E-state index contributed by atoms with van der Waals surface area (Å²) in [5.74, 6) is -2.28. The highest BCUT2D eigenvalue weighted by atomic mass is 16.7. The van der Waals surface area contributed by atoms with Crippen molar-refractivity contribution in [2.45, 2.75) is 56.0 Å². The molecule has 0 amide bonds. The highest BCUT2D eigenvalue weighted by molar-refractivity contribution is 6.31. The summed E-state index contributed by atoms with van der Waals surface area (Å²) >= 11 is 0. The SMILES string of the molecule is O=C(O)C1=CC2=CC3=CC4=Cc5cc6cccc7c6c6c5C58OC45C4=C3C35OC23c2c1ccc1c2C2(O)C5=C3c5c9c%10c%11c(cc9cc9cc%12cccc-1c%12c2c59)C=C1C=Cc2cc(C(=O)O)c-7c5c2C12OC%112C(O)(C8=C%10C34O)C56O. The Hall–Kier alpha value is -8.88. The van der Waals surface area contributed by atoms with Crippen LogP contribution in [0.25, 0.3) is 100 Å². The molecule has 0 aromatic heterocycles. The van der Waals surface area contributed by atoms with Gasteiger partial charge in [0.15, 0.2) is 44.8 Å². The maximum Gasteiger partial charge on any atom is 0.336 e. The van der Waals surface area contributed by atoms with Gasteiger partial charge >= 0.3 is 11.9 Å². The molecule has 11 heteroatoms. The van der Waals surface area contributed by atoms with Crippen LogP contribution < -0.4 is 0 Å². The molecular weight excluding hydrogens is 1020 g/mol. The van der Waals surface area contributed by atoms with E-state index in [1.54, 1.807) is 12.1 Å². The van der Waals surface area contributed by atoms with E-state index in [1.807, 2.05) is 54.6 Å². The number of fused-ring (bicyclic) bond motifs is 2. The molecule has 0 radical (unpaired) electrons. The highest BCUT2D eigenvalue weighted by Crippen LogP contribution is 2.96. The van der Waals surface area contributed by atoms with Crippen LogP contribution in [0.4, 0.5) is 0 Å². The average molecular weight is 1040 g/mol. The number of aliphatic hydroxyl groups is 4. The molecule has 0 bridgehead atoms. The van der Waals surface area contributed by atoms with E-state index in [9.17, 15) is 19.8 Å². The number of aromatic carboxylic acids is 1. The maximum atomic E-state index is 16.1. The normalized spacial score (nSPS) is 38.8. The predicted octanol–water partition coefficient (Wildman–Crippen LogP) is 9.04. The van der Waals surface area contributed by atoms with Gasteiger partial charge in [0.05, 0.1) is 11.1 Å². The van der Waals surface area contributed by atoms with E-state index in [0.717, 1.165) is 71.1 Å². The van der Waals surface area contributed by atoms with Crippen molar-refractivity contribution in [1.82, 2.24) is 0 Å². The molecule has 11 nitrogen and oxygen atoms in total. The first-order valence-electron chi connectivity index (χ1n) is 27.8. The van der Waals surface area contributed by atoms with Crippen LogP contribution in [-0.4, -0.2) is 65.0 Å². The van der Waals surface area contributed by atoms with Crippen LogP contribution in [0.1, 0.15) is 88.2 Å². The van der Waals surface area contributed by atoms with Crippen LogP contribution in [0.3, 0.4) is 0 Å². The van der Waals surface area contributed by atoms with Crippen molar-refractivity contribution in [2.75, 3.05) is 0 Å². The number of ether oxygens (including phenoxy) is 3. The van der Waals surface area contributed by atoms with Gasteiger partial charge in [-0.25, -0.2) is 9.59 Å². The fourth-order valence-corrected chi connectivity index (χ4v) is 23.0. The van der Waals surface area contributed by atoms with Crippen LogP contribution in [-0.2, 0) is 52.6 Å². The van der Waals surface area contributed by atoms with Crippen molar-refractivity contribution in [2.24, 2.45) is 0 Å². The second kappa shape index (κ2) is 9.28. The molecule has 3 aliphatic heterocycles. The van der Waals surface area contributed by atoms with Crippen LogP contribution in [0.5, 0.6) is 0 Å². The zero-order chi connectivity index (χ0) is 52.4. The molecule has 19 aliphatic rings. The van der Waals surface area contributed by atoms with Gasteiger partial charge in [-0.05, 0) is 176 Å². The van der Waals surface area contributed by atoms with Crippen molar-refractivity contribution in [3.8, 4) is 22.3 Å². The summed E-state index contributed by atoms with van der Waals surface area (Å²) < 4.78 is 23.8. The van der Waals surface area contributed by atoms with Crippen LogP contribution >= 0.6 is 0 Å². The molecule has 3 heterocycles. The Labute approximate surface area is 451 Å². The molecule has 81 heavy (non-hydrogen) atoms. The monoisotopic (exact) mass is 1040 g/mol. The number of hydrogen-bond donors (Lipinski definition) is 6. The molecule has 3 saturated heterocycles. The third-order valence-corrected chi connectivity index (χ3v) is 24.6. The highest BCUT2D eigenvalue weighted by Gasteiger charge is 3.02. The summed E-state index contributed by atoms with van der Waals surface area (Å²) in [4.78, 5) is 27.8. The molecule has 8 aromatic rings. The number of epoxide rings is 3. The third-order valence-electron chi connectivity index (χ3n) is 24.6. The second-order valence-electron chi connectivity index (χ2n) is 26.4. The van der Waals surface area contributed by atoms with Crippen LogP contribution in [0.2, 0.25) is 0 Å². The van der Waals surface area contributed by atoms with Gasteiger partial charge in [0, 0.05) is 83.5 Å². The second-order valence-corrected chi connectivity index (χ2v) is 26.4. The summed E-state index contributed by atoms with van der Waals surface area (Å²) in [6.45, 7) is 0. The summed E-state index contributed by atoms with van der Waals surface area (Å²) in [6, 6.07) is 26.2. The molecule has 16 aliphatic carbocycles. The Morgan fingerprint density at radius 1 is 0.420 bits per heavy atom. The summed E-state index contributed by atoms with van der Waals surface area (Å²) in [5.41, 5.74) is -1.75. The van der Waals surface area contributed by atoms with Gasteiger partial charge in [-0.3, -0.25) is 0 Å². The lowest BCUT2D eigenvalue weighted by Gasteiger charge is -2.67. The van der Waals surface area contributed by atoms with Gasteiger partial charge in [-0.15, -0.1) is 0 Å². The number of rotatable bonds is 2. The number of carboxylic acid groups (broad SMARTS) is 2. The Bertz CT molecular complexity index is 5790. The first-order chi connectivity index (χ1) is 39.2. The Kier molecular flexibility index (Phi) is 4.34. The van der Waals surface area contributed by atoms with E-state index >= 15 is 20.4 Å². The van der Waals surface area contributed by atoms with E-state index in [1.165, 1.54) is 0 Å². The van der Waals surface area contributed by atoms with E-state index in [-0.39, 0.29) is 22.3 Å². The standard InChI is InChI=1S/C70H26O11/c71-59(72)36-20-31-18-28-17-30-16-27-12-22-4-2-6-35-39(22)52-47(27)67-58-55-44-40-24(14-26-15-29-8-7-23-19-37(60(73)74)42(35)53-46(23)65(29)70(81-65,45(26)44)69(58,78)63(52,53)77)13-25-11-21-3-1-5-32-33-9-10-34(36)50-49(33)61(75)51(38(21)32)41(25)43(40)54-57(61)68(64(31,50)79-68)48(28)56(62(54,55)76)66(30,67)80-67/h1-20,75-78H,(H,71,72)(H,73,74). The first-order valence-corrected chi connectivity index (χ1v) is 27.8. The van der Waals surface area contributed by atoms with Crippen molar-refractivity contribution in [3.05, 3.63) is 231 Å². The fraction of sp³-hybridized carbons (Fsp3) is 0.143. The Morgan fingerprint density at radius 2 is 1.12 bits per heavy atom. The predicted molar refractivity (Wildman–Crippen MR) is 290 cm³/mol. The van der Waals surface area contributed by atoms with Gasteiger partial charge in [0.25, 0.3) is 0 Å². The van der Waals surface area contributed by atoms with Gasteiger partial charge in [-0.2, -0.15) is 0 Å². The van der Waals surface area contributed by atoms with E-state index in [2.05, 4.69) is 54.6 Å². The largest absolute Gasteiger partial charge is 0.478 e. The van der Waals surface area contributed by atoms with Crippen LogP contribution in [0, 0.1) is 0 Å². The number of benzene rings is 8. The topological polar surface area (TPSA) is 193 Å². The smallest absolute Gasteiger partial charge is 0.336 e. The van der Waals surface area contributed by atoms with Gasteiger partial charge < -0.3 is 44.8 Å². The third kappa shape index (κ3) is 2.53. The molecule has 10 unspecified atom stereocenters. The lowest BCUT2D eigenvalue weighted by atomic mass is 9.34. The van der Waals surface area contributed by atoms with Crippen LogP contribution in [0.15, 0.2) is 148 Å². The average Bonchev–Trinajstić information content (AvgIpc) is 1.44. The molecule has 3 fully saturated rings. The number of carboxylic acids is 2. The minimum Gasteiger partial charge on any atom is -0.478 e. The van der Waals surface area contributed by atoms with E-state index < -0.39 is 67.9 Å².